The van der Waals surface area contributed by atoms with Gasteiger partial charge < -0.3 is 9.64 Å². The van der Waals surface area contributed by atoms with E-state index in [-0.39, 0.29) is 0 Å². The van der Waals surface area contributed by atoms with Crippen LogP contribution in [0.25, 0.3) is 0 Å². The summed E-state index contributed by atoms with van der Waals surface area (Å²) in [5, 5.41) is 0. The highest BCUT2D eigenvalue weighted by Gasteiger charge is 2.44. The number of hydrogen-bond acceptors (Lipinski definition) is 2. The van der Waals surface area contributed by atoms with Crippen molar-refractivity contribution in [3.05, 3.63) is 30.3 Å². The Morgan fingerprint density at radius 3 is 2.62 bits per heavy atom. The lowest BCUT2D eigenvalue weighted by atomic mass is 10.3. The third-order valence-electron chi connectivity index (χ3n) is 3.69. The number of rotatable bonds is 5. The summed E-state index contributed by atoms with van der Waals surface area (Å²) in [7, 11) is 0. The molecule has 0 unspecified atom stereocenters. The van der Waals surface area contributed by atoms with Crippen molar-refractivity contribution in [2.45, 2.75) is 12.8 Å². The van der Waals surface area contributed by atoms with E-state index >= 15 is 0 Å². The second-order valence-electron chi connectivity index (χ2n) is 5.03. The minimum atomic E-state index is 0.843. The number of nitrogens with zero attached hydrogens (tertiary/aromatic N) is 1. The largest absolute Gasteiger partial charge is 0.494 e. The zero-order valence-corrected chi connectivity index (χ0v) is 9.64. The van der Waals surface area contributed by atoms with Crippen LogP contribution in [0.3, 0.4) is 0 Å². The first-order valence-electron chi connectivity index (χ1n) is 6.32. The number of benzene rings is 1. The molecule has 3 rings (SSSR count). The zero-order chi connectivity index (χ0) is 10.8. The van der Waals surface area contributed by atoms with Crippen molar-refractivity contribution in [2.24, 2.45) is 11.8 Å². The van der Waals surface area contributed by atoms with Crippen LogP contribution in [0, 0.1) is 11.8 Å². The molecule has 1 aromatic rings. The normalized spacial score (nSPS) is 27.8. The number of likely N-dealkylation sites (tertiary alicyclic amines) is 1. The van der Waals surface area contributed by atoms with E-state index < -0.39 is 0 Å². The molecule has 0 radical (unpaired) electrons. The lowest BCUT2D eigenvalue weighted by Crippen LogP contribution is -2.25. The second-order valence-corrected chi connectivity index (χ2v) is 5.03. The highest BCUT2D eigenvalue weighted by Crippen LogP contribution is 2.44. The highest BCUT2D eigenvalue weighted by atomic mass is 16.5. The molecule has 1 aromatic carbocycles. The Balaban J connectivity index is 1.32. The molecule has 2 heteroatoms. The molecule has 2 nitrogen and oxygen atoms in total. The van der Waals surface area contributed by atoms with Gasteiger partial charge in [-0.1, -0.05) is 18.2 Å². The Hall–Kier alpha value is -1.02. The highest BCUT2D eigenvalue weighted by molar-refractivity contribution is 5.20. The van der Waals surface area contributed by atoms with Crippen LogP contribution < -0.4 is 4.74 Å². The average Bonchev–Trinajstić information content (AvgIpc) is 2.94. The van der Waals surface area contributed by atoms with E-state index in [1.54, 1.807) is 0 Å². The summed E-state index contributed by atoms with van der Waals surface area (Å²) >= 11 is 0. The molecule has 86 valence electrons. The van der Waals surface area contributed by atoms with Crippen molar-refractivity contribution in [2.75, 3.05) is 26.2 Å². The predicted octanol–water partition coefficient (Wildman–Crippen LogP) is 2.41. The molecule has 1 aliphatic carbocycles. The van der Waals surface area contributed by atoms with E-state index in [1.165, 1.54) is 26.1 Å². The molecule has 0 aromatic heterocycles. The molecule has 2 fully saturated rings. The molecular formula is C14H19NO. The molecule has 2 atom stereocenters. The van der Waals surface area contributed by atoms with Crippen molar-refractivity contribution in [3.8, 4) is 5.75 Å². The quantitative estimate of drug-likeness (QED) is 0.702. The lowest BCUT2D eigenvalue weighted by Gasteiger charge is -2.17. The van der Waals surface area contributed by atoms with Crippen molar-refractivity contribution in [3.63, 3.8) is 0 Å². The Morgan fingerprint density at radius 2 is 1.88 bits per heavy atom. The van der Waals surface area contributed by atoms with Gasteiger partial charge in [-0.25, -0.2) is 0 Å². The number of ether oxygens (including phenoxy) is 1. The predicted molar refractivity (Wildman–Crippen MR) is 64.6 cm³/mol. The maximum atomic E-state index is 5.68. The maximum Gasteiger partial charge on any atom is 0.119 e. The van der Waals surface area contributed by atoms with Crippen LogP contribution in [0.15, 0.2) is 30.3 Å². The Kier molecular flexibility index (Phi) is 2.83. The van der Waals surface area contributed by atoms with Gasteiger partial charge in [0.1, 0.15) is 5.75 Å². The number of hydrogen-bond donors (Lipinski definition) is 0. The maximum absolute atomic E-state index is 5.68. The van der Waals surface area contributed by atoms with Crippen LogP contribution in [0.4, 0.5) is 0 Å². The molecule has 16 heavy (non-hydrogen) atoms. The topological polar surface area (TPSA) is 12.5 Å². The molecule has 0 N–H and O–H groups in total. The fraction of sp³-hybridized carbons (Fsp3) is 0.571. The van der Waals surface area contributed by atoms with Gasteiger partial charge >= 0.3 is 0 Å². The molecule has 1 saturated heterocycles. The van der Waals surface area contributed by atoms with E-state index in [4.69, 9.17) is 4.74 Å². The fourth-order valence-electron chi connectivity index (χ4n) is 2.67. The standard InChI is InChI=1S/C14H19NO/c1-2-5-14(6-3-1)16-8-4-7-15-10-12-9-13(12)11-15/h1-3,5-6,12-13H,4,7-11H2/t12-,13+. The van der Waals surface area contributed by atoms with Gasteiger partial charge in [0, 0.05) is 19.6 Å². The van der Waals surface area contributed by atoms with E-state index in [9.17, 15) is 0 Å². The summed E-state index contributed by atoms with van der Waals surface area (Å²) in [6, 6.07) is 10.1. The summed E-state index contributed by atoms with van der Waals surface area (Å²) in [5.41, 5.74) is 0. The van der Waals surface area contributed by atoms with Gasteiger partial charge in [-0.05, 0) is 36.8 Å². The molecule has 1 saturated carbocycles. The Morgan fingerprint density at radius 1 is 1.12 bits per heavy atom. The van der Waals surface area contributed by atoms with Crippen LogP contribution >= 0.6 is 0 Å². The first-order chi connectivity index (χ1) is 7.92. The summed E-state index contributed by atoms with van der Waals surface area (Å²) in [5.74, 6) is 3.09. The third kappa shape index (κ3) is 2.38. The molecule has 2 aliphatic rings. The molecule has 1 heterocycles. The lowest BCUT2D eigenvalue weighted by molar-refractivity contribution is 0.250. The van der Waals surface area contributed by atoms with Crippen molar-refractivity contribution in [1.82, 2.24) is 4.90 Å². The van der Waals surface area contributed by atoms with E-state index in [1.807, 2.05) is 30.3 Å². The van der Waals surface area contributed by atoms with E-state index in [2.05, 4.69) is 4.90 Å². The van der Waals surface area contributed by atoms with E-state index in [0.29, 0.717) is 0 Å². The Bertz CT molecular complexity index is 328. The number of para-hydroxylation sites is 1. The monoisotopic (exact) mass is 217 g/mol. The third-order valence-corrected chi connectivity index (χ3v) is 3.69. The van der Waals surface area contributed by atoms with Crippen LogP contribution in [0.1, 0.15) is 12.8 Å². The molecular weight excluding hydrogens is 198 g/mol. The zero-order valence-electron chi connectivity index (χ0n) is 9.64. The van der Waals surface area contributed by atoms with Crippen molar-refractivity contribution < 1.29 is 4.74 Å². The Labute approximate surface area is 97.2 Å². The van der Waals surface area contributed by atoms with Crippen molar-refractivity contribution in [1.29, 1.82) is 0 Å². The minimum Gasteiger partial charge on any atom is -0.494 e. The van der Waals surface area contributed by atoms with Gasteiger partial charge in [0.2, 0.25) is 0 Å². The van der Waals surface area contributed by atoms with Crippen LogP contribution in [0.5, 0.6) is 5.75 Å². The summed E-state index contributed by atoms with van der Waals surface area (Å²) in [6.07, 6.45) is 2.64. The van der Waals surface area contributed by atoms with Gasteiger partial charge in [0.25, 0.3) is 0 Å². The number of fused-ring (bicyclic) bond motifs is 1. The first-order valence-corrected chi connectivity index (χ1v) is 6.32. The smallest absolute Gasteiger partial charge is 0.119 e. The van der Waals surface area contributed by atoms with Crippen LogP contribution in [0.2, 0.25) is 0 Å². The SMILES string of the molecule is c1ccc(OCCCN2C[C@H]3C[C@H]3C2)cc1. The summed E-state index contributed by atoms with van der Waals surface area (Å²) in [4.78, 5) is 2.59. The van der Waals surface area contributed by atoms with Crippen LogP contribution in [-0.2, 0) is 0 Å². The second kappa shape index (κ2) is 4.46. The molecule has 0 bridgehead atoms. The first kappa shape index (κ1) is 10.2. The van der Waals surface area contributed by atoms with Crippen molar-refractivity contribution >= 4 is 0 Å². The van der Waals surface area contributed by atoms with Gasteiger partial charge in [-0.3, -0.25) is 0 Å². The molecule has 1 aliphatic heterocycles. The molecule has 0 spiro atoms. The summed E-state index contributed by atoms with van der Waals surface area (Å²) in [6.45, 7) is 4.74. The average molecular weight is 217 g/mol. The number of piperidine rings is 1. The minimum absolute atomic E-state index is 0.843. The fourth-order valence-corrected chi connectivity index (χ4v) is 2.67. The van der Waals surface area contributed by atoms with Gasteiger partial charge in [-0.2, -0.15) is 0 Å². The molecule has 0 amide bonds. The van der Waals surface area contributed by atoms with Gasteiger partial charge in [0.15, 0.2) is 0 Å². The van der Waals surface area contributed by atoms with Gasteiger partial charge in [0.05, 0.1) is 6.61 Å². The van der Waals surface area contributed by atoms with E-state index in [0.717, 1.165) is 30.6 Å². The van der Waals surface area contributed by atoms with Crippen LogP contribution in [-0.4, -0.2) is 31.1 Å². The van der Waals surface area contributed by atoms with Gasteiger partial charge in [-0.15, -0.1) is 0 Å². The summed E-state index contributed by atoms with van der Waals surface area (Å²) < 4.78 is 5.68.